The highest BCUT2D eigenvalue weighted by Gasteiger charge is 2.20. The summed E-state index contributed by atoms with van der Waals surface area (Å²) in [5, 5.41) is 12.5. The summed E-state index contributed by atoms with van der Waals surface area (Å²) in [5.41, 5.74) is 3.15. The number of rotatable bonds is 5. The molecule has 0 radical (unpaired) electrons. The number of hydrogen-bond donors (Lipinski definition) is 2. The van der Waals surface area contributed by atoms with Crippen molar-refractivity contribution in [2.45, 2.75) is 38.2 Å². The van der Waals surface area contributed by atoms with Gasteiger partial charge in [0.15, 0.2) is 0 Å². The Bertz CT molecular complexity index is 745. The van der Waals surface area contributed by atoms with Gasteiger partial charge in [-0.05, 0) is 51.0 Å². The van der Waals surface area contributed by atoms with Crippen LogP contribution in [0.15, 0.2) is 27.8 Å². The van der Waals surface area contributed by atoms with Crippen molar-refractivity contribution in [1.82, 2.24) is 20.8 Å². The van der Waals surface area contributed by atoms with E-state index in [0.717, 1.165) is 22.9 Å². The van der Waals surface area contributed by atoms with E-state index in [1.807, 2.05) is 32.0 Å². The lowest BCUT2D eigenvalue weighted by atomic mass is 10.1. The molecule has 2 rings (SSSR count). The molecule has 24 heavy (non-hydrogen) atoms. The number of carbonyl (C=O) groups is 2. The standard InChI is InChI=1S/C16H20N4O3S/c1-5-17-15(22)18-13(21)11(4)24-16-20-19-14(23-16)12-7-6-9(2)10(3)8-12/h6-8,11H,5H2,1-4H3,(H2,17,18,21,22)/t11-/m1/s1. The lowest BCUT2D eigenvalue weighted by Gasteiger charge is -2.08. The molecule has 0 spiro atoms. The van der Waals surface area contributed by atoms with E-state index in [-0.39, 0.29) is 5.22 Å². The Balaban J connectivity index is 2.01. The number of aromatic nitrogens is 2. The average molecular weight is 348 g/mol. The van der Waals surface area contributed by atoms with Crippen molar-refractivity contribution in [2.75, 3.05) is 6.54 Å². The quantitative estimate of drug-likeness (QED) is 0.806. The van der Waals surface area contributed by atoms with Gasteiger partial charge in [0.25, 0.3) is 5.22 Å². The minimum atomic E-state index is -0.541. The molecule has 0 saturated carbocycles. The Kier molecular flexibility index (Phi) is 5.97. The number of aryl methyl sites for hydroxylation is 2. The van der Waals surface area contributed by atoms with Gasteiger partial charge in [0.2, 0.25) is 11.8 Å². The lowest BCUT2D eigenvalue weighted by Crippen LogP contribution is -2.42. The third-order valence-corrected chi connectivity index (χ3v) is 4.32. The minimum Gasteiger partial charge on any atom is -0.411 e. The van der Waals surface area contributed by atoms with Gasteiger partial charge in [-0.25, -0.2) is 4.79 Å². The highest BCUT2D eigenvalue weighted by atomic mass is 32.2. The van der Waals surface area contributed by atoms with Crippen molar-refractivity contribution in [2.24, 2.45) is 0 Å². The third kappa shape index (κ3) is 4.58. The number of imide groups is 1. The van der Waals surface area contributed by atoms with Crippen molar-refractivity contribution in [3.63, 3.8) is 0 Å². The average Bonchev–Trinajstić information content (AvgIpc) is 2.98. The summed E-state index contributed by atoms with van der Waals surface area (Å²) < 4.78 is 5.60. The number of hydrogen-bond acceptors (Lipinski definition) is 6. The molecule has 0 bridgehead atoms. The summed E-state index contributed by atoms with van der Waals surface area (Å²) >= 11 is 1.10. The minimum absolute atomic E-state index is 0.279. The number of benzene rings is 1. The first-order valence-corrected chi connectivity index (χ1v) is 8.45. The number of nitrogens with zero attached hydrogens (tertiary/aromatic N) is 2. The Hall–Kier alpha value is -2.35. The highest BCUT2D eigenvalue weighted by molar-refractivity contribution is 8.00. The summed E-state index contributed by atoms with van der Waals surface area (Å²) in [5.74, 6) is -0.0196. The normalized spacial score (nSPS) is 11.8. The van der Waals surface area contributed by atoms with Gasteiger partial charge in [-0.15, -0.1) is 10.2 Å². The predicted octanol–water partition coefficient (Wildman–Crippen LogP) is 2.68. The van der Waals surface area contributed by atoms with Crippen LogP contribution in [0.3, 0.4) is 0 Å². The molecule has 1 heterocycles. The Morgan fingerprint density at radius 1 is 1.25 bits per heavy atom. The second-order valence-corrected chi connectivity index (χ2v) is 6.57. The molecule has 0 aliphatic heterocycles. The van der Waals surface area contributed by atoms with E-state index >= 15 is 0 Å². The van der Waals surface area contributed by atoms with E-state index in [0.29, 0.717) is 12.4 Å². The molecular weight excluding hydrogens is 328 g/mol. The van der Waals surface area contributed by atoms with E-state index in [9.17, 15) is 9.59 Å². The van der Waals surface area contributed by atoms with Gasteiger partial charge < -0.3 is 9.73 Å². The van der Waals surface area contributed by atoms with Gasteiger partial charge in [-0.1, -0.05) is 17.8 Å². The summed E-state index contributed by atoms with van der Waals surface area (Å²) in [4.78, 5) is 23.3. The number of urea groups is 1. The zero-order valence-corrected chi connectivity index (χ0v) is 14.9. The van der Waals surface area contributed by atoms with Crippen LogP contribution in [0.4, 0.5) is 4.79 Å². The van der Waals surface area contributed by atoms with Crippen LogP contribution in [0.1, 0.15) is 25.0 Å². The van der Waals surface area contributed by atoms with E-state index < -0.39 is 17.2 Å². The van der Waals surface area contributed by atoms with Crippen LogP contribution in [0.2, 0.25) is 0 Å². The first kappa shape index (κ1) is 18.0. The Labute approximate surface area is 144 Å². The van der Waals surface area contributed by atoms with Crippen LogP contribution in [0.25, 0.3) is 11.5 Å². The molecule has 1 aromatic carbocycles. The molecule has 0 saturated heterocycles. The molecule has 8 heteroatoms. The SMILES string of the molecule is CCNC(=O)NC(=O)[C@@H](C)Sc1nnc(-c2ccc(C)c(C)c2)o1. The molecule has 0 aliphatic rings. The number of amides is 3. The smallest absolute Gasteiger partial charge is 0.321 e. The first-order chi connectivity index (χ1) is 11.4. The Morgan fingerprint density at radius 2 is 2.00 bits per heavy atom. The summed E-state index contributed by atoms with van der Waals surface area (Å²) in [6, 6.07) is 5.36. The molecule has 1 aromatic heterocycles. The van der Waals surface area contributed by atoms with Crippen molar-refractivity contribution < 1.29 is 14.0 Å². The van der Waals surface area contributed by atoms with Crippen LogP contribution in [0, 0.1) is 13.8 Å². The van der Waals surface area contributed by atoms with Crippen molar-refractivity contribution in [3.05, 3.63) is 29.3 Å². The van der Waals surface area contributed by atoms with E-state index in [1.54, 1.807) is 13.8 Å². The zero-order chi connectivity index (χ0) is 17.7. The lowest BCUT2D eigenvalue weighted by molar-refractivity contribution is -0.119. The van der Waals surface area contributed by atoms with Gasteiger partial charge >= 0.3 is 6.03 Å². The van der Waals surface area contributed by atoms with E-state index in [4.69, 9.17) is 4.42 Å². The molecule has 0 aliphatic carbocycles. The maximum absolute atomic E-state index is 11.9. The van der Waals surface area contributed by atoms with E-state index in [1.165, 1.54) is 5.56 Å². The second kappa shape index (κ2) is 7.96. The largest absolute Gasteiger partial charge is 0.411 e. The van der Waals surface area contributed by atoms with Gasteiger partial charge in [-0.3, -0.25) is 10.1 Å². The number of thioether (sulfide) groups is 1. The molecule has 1 atom stereocenters. The van der Waals surface area contributed by atoms with Crippen molar-refractivity contribution >= 4 is 23.7 Å². The molecule has 2 N–H and O–H groups in total. The van der Waals surface area contributed by atoms with Gasteiger partial charge in [0.05, 0.1) is 5.25 Å². The molecule has 3 amide bonds. The predicted molar refractivity (Wildman–Crippen MR) is 91.7 cm³/mol. The van der Waals surface area contributed by atoms with Gasteiger partial charge in [0.1, 0.15) is 0 Å². The molecule has 0 fully saturated rings. The molecule has 7 nitrogen and oxygen atoms in total. The van der Waals surface area contributed by atoms with E-state index in [2.05, 4.69) is 20.8 Å². The maximum atomic E-state index is 11.9. The number of nitrogens with one attached hydrogen (secondary N) is 2. The zero-order valence-electron chi connectivity index (χ0n) is 14.0. The summed E-state index contributed by atoms with van der Waals surface area (Å²) in [6.45, 7) is 7.93. The van der Waals surface area contributed by atoms with Gasteiger partial charge in [-0.2, -0.15) is 0 Å². The molecule has 0 unspecified atom stereocenters. The molecular formula is C16H20N4O3S. The highest BCUT2D eigenvalue weighted by Crippen LogP contribution is 2.27. The fourth-order valence-corrected chi connectivity index (χ4v) is 2.55. The summed E-state index contributed by atoms with van der Waals surface area (Å²) in [7, 11) is 0. The third-order valence-electron chi connectivity index (χ3n) is 3.38. The maximum Gasteiger partial charge on any atom is 0.321 e. The van der Waals surface area contributed by atoms with Crippen molar-refractivity contribution in [1.29, 1.82) is 0 Å². The van der Waals surface area contributed by atoms with Gasteiger partial charge in [0, 0.05) is 12.1 Å². The molecule has 2 aromatic rings. The topological polar surface area (TPSA) is 97.1 Å². The monoisotopic (exact) mass is 348 g/mol. The van der Waals surface area contributed by atoms with Crippen LogP contribution in [-0.4, -0.2) is 33.9 Å². The fourth-order valence-electron chi connectivity index (χ4n) is 1.87. The van der Waals surface area contributed by atoms with Crippen LogP contribution in [-0.2, 0) is 4.79 Å². The number of carbonyl (C=O) groups excluding carboxylic acids is 2. The van der Waals surface area contributed by atoms with Crippen LogP contribution < -0.4 is 10.6 Å². The van der Waals surface area contributed by atoms with Crippen LogP contribution >= 0.6 is 11.8 Å². The Morgan fingerprint density at radius 3 is 2.67 bits per heavy atom. The second-order valence-electron chi connectivity index (χ2n) is 5.28. The van der Waals surface area contributed by atoms with Crippen LogP contribution in [0.5, 0.6) is 0 Å². The fraction of sp³-hybridized carbons (Fsp3) is 0.375. The van der Waals surface area contributed by atoms with Crippen molar-refractivity contribution in [3.8, 4) is 11.5 Å². The molecule has 128 valence electrons. The first-order valence-electron chi connectivity index (χ1n) is 7.57. The summed E-state index contributed by atoms with van der Waals surface area (Å²) in [6.07, 6.45) is 0.